The van der Waals surface area contributed by atoms with Gasteiger partial charge in [-0.15, -0.1) is 6.42 Å². The van der Waals surface area contributed by atoms with Crippen molar-refractivity contribution in [3.05, 3.63) is 0 Å². The minimum absolute atomic E-state index is 0.0397. The molecule has 0 radical (unpaired) electrons. The van der Waals surface area contributed by atoms with Gasteiger partial charge in [0.1, 0.15) is 11.2 Å². The van der Waals surface area contributed by atoms with Crippen LogP contribution >= 0.6 is 0 Å². The van der Waals surface area contributed by atoms with Crippen LogP contribution in [0.3, 0.4) is 0 Å². The Hall–Kier alpha value is -1.21. The Morgan fingerprint density at radius 2 is 1.94 bits per heavy atom. The van der Waals surface area contributed by atoms with Crippen molar-refractivity contribution in [1.82, 2.24) is 4.90 Å². The SMILES string of the molecule is C#CC1(O)CC2(CN(C(=O)OC(C)(C)C)C2)C1. The van der Waals surface area contributed by atoms with Crippen molar-refractivity contribution >= 4 is 6.09 Å². The van der Waals surface area contributed by atoms with E-state index in [1.807, 2.05) is 20.8 Å². The fourth-order valence-corrected chi connectivity index (χ4v) is 2.73. The van der Waals surface area contributed by atoms with E-state index >= 15 is 0 Å². The molecule has 1 saturated heterocycles. The fourth-order valence-electron chi connectivity index (χ4n) is 2.73. The van der Waals surface area contributed by atoms with Crippen LogP contribution in [0.4, 0.5) is 4.79 Å². The molecule has 17 heavy (non-hydrogen) atoms. The first-order valence-electron chi connectivity index (χ1n) is 5.85. The van der Waals surface area contributed by atoms with Gasteiger partial charge in [0.25, 0.3) is 0 Å². The van der Waals surface area contributed by atoms with Crippen LogP contribution in [-0.4, -0.2) is 40.4 Å². The van der Waals surface area contributed by atoms with Crippen LogP contribution < -0.4 is 0 Å². The lowest BCUT2D eigenvalue weighted by Gasteiger charge is -2.60. The van der Waals surface area contributed by atoms with Gasteiger partial charge in [0.05, 0.1) is 0 Å². The summed E-state index contributed by atoms with van der Waals surface area (Å²) < 4.78 is 5.27. The van der Waals surface area contributed by atoms with Gasteiger partial charge in [-0.05, 0) is 33.6 Å². The third-order valence-corrected chi connectivity index (χ3v) is 3.31. The predicted molar refractivity (Wildman–Crippen MR) is 63.3 cm³/mol. The molecule has 1 aliphatic carbocycles. The Kier molecular flexibility index (Phi) is 2.45. The molecule has 0 unspecified atom stereocenters. The Morgan fingerprint density at radius 3 is 2.35 bits per heavy atom. The largest absolute Gasteiger partial charge is 0.444 e. The van der Waals surface area contributed by atoms with Crippen LogP contribution in [0.5, 0.6) is 0 Å². The number of terminal acetylenes is 1. The maximum absolute atomic E-state index is 11.7. The molecular formula is C13H19NO3. The van der Waals surface area contributed by atoms with Crippen LogP contribution in [0.15, 0.2) is 0 Å². The lowest BCUT2D eigenvalue weighted by molar-refractivity contribution is -0.156. The molecule has 4 heteroatoms. The molecule has 4 nitrogen and oxygen atoms in total. The molecule has 0 aromatic carbocycles. The molecule has 1 saturated carbocycles. The number of rotatable bonds is 0. The molecular weight excluding hydrogens is 218 g/mol. The van der Waals surface area contributed by atoms with E-state index in [1.54, 1.807) is 4.90 Å². The Morgan fingerprint density at radius 1 is 1.41 bits per heavy atom. The average Bonchev–Trinajstić information content (AvgIpc) is 2.05. The number of amides is 1. The zero-order valence-electron chi connectivity index (χ0n) is 10.6. The van der Waals surface area contributed by atoms with Crippen LogP contribution in [0.25, 0.3) is 0 Å². The van der Waals surface area contributed by atoms with Gasteiger partial charge in [0.2, 0.25) is 0 Å². The van der Waals surface area contributed by atoms with E-state index in [0.717, 1.165) is 0 Å². The standard InChI is InChI=1S/C13H19NO3/c1-5-13(16)6-12(7-13)8-14(9-12)10(15)17-11(2,3)4/h1,16H,6-9H2,2-4H3. The summed E-state index contributed by atoms with van der Waals surface area (Å²) in [5.41, 5.74) is -1.36. The summed E-state index contributed by atoms with van der Waals surface area (Å²) in [5, 5.41) is 9.76. The predicted octanol–water partition coefficient (Wildman–Crippen LogP) is 1.38. The number of carbonyl (C=O) groups is 1. The molecule has 1 heterocycles. The highest BCUT2D eigenvalue weighted by atomic mass is 16.6. The van der Waals surface area contributed by atoms with E-state index in [4.69, 9.17) is 11.2 Å². The number of carbonyl (C=O) groups excluding carboxylic acids is 1. The molecule has 2 rings (SSSR count). The highest BCUT2D eigenvalue weighted by molar-refractivity contribution is 5.69. The van der Waals surface area contributed by atoms with E-state index in [0.29, 0.717) is 25.9 Å². The van der Waals surface area contributed by atoms with Crippen molar-refractivity contribution in [2.75, 3.05) is 13.1 Å². The van der Waals surface area contributed by atoms with Gasteiger partial charge in [0, 0.05) is 18.5 Å². The molecule has 1 aliphatic heterocycles. The molecule has 1 spiro atoms. The van der Waals surface area contributed by atoms with Gasteiger partial charge in [-0.1, -0.05) is 5.92 Å². The Labute approximate surface area is 102 Å². The quantitative estimate of drug-likeness (QED) is 0.648. The third-order valence-electron chi connectivity index (χ3n) is 3.31. The van der Waals surface area contributed by atoms with E-state index in [1.165, 1.54) is 0 Å². The minimum atomic E-state index is -0.944. The van der Waals surface area contributed by atoms with Gasteiger partial charge >= 0.3 is 6.09 Å². The molecule has 0 atom stereocenters. The van der Waals surface area contributed by atoms with Crippen molar-refractivity contribution in [3.8, 4) is 12.3 Å². The van der Waals surface area contributed by atoms with Crippen LogP contribution in [0, 0.1) is 17.8 Å². The van der Waals surface area contributed by atoms with E-state index in [2.05, 4.69) is 5.92 Å². The zero-order valence-corrected chi connectivity index (χ0v) is 10.6. The summed E-state index contributed by atoms with van der Waals surface area (Å²) in [6.07, 6.45) is 6.15. The monoisotopic (exact) mass is 237 g/mol. The fraction of sp³-hybridized carbons (Fsp3) is 0.769. The Bertz CT molecular complexity index is 374. The number of hydrogen-bond acceptors (Lipinski definition) is 3. The van der Waals surface area contributed by atoms with Crippen LogP contribution in [0.2, 0.25) is 0 Å². The summed E-state index contributed by atoms with van der Waals surface area (Å²) in [5.74, 6) is 2.40. The third kappa shape index (κ3) is 2.25. The smallest absolute Gasteiger partial charge is 0.410 e. The van der Waals surface area contributed by atoms with Gasteiger partial charge in [-0.25, -0.2) is 4.79 Å². The number of aliphatic hydroxyl groups is 1. The van der Waals surface area contributed by atoms with E-state index in [-0.39, 0.29) is 11.5 Å². The van der Waals surface area contributed by atoms with Gasteiger partial charge < -0.3 is 14.7 Å². The van der Waals surface area contributed by atoms with Crippen molar-refractivity contribution in [2.24, 2.45) is 5.41 Å². The summed E-state index contributed by atoms with van der Waals surface area (Å²) in [6.45, 7) is 6.83. The highest BCUT2D eigenvalue weighted by Gasteiger charge is 2.60. The highest BCUT2D eigenvalue weighted by Crippen LogP contribution is 2.53. The Balaban J connectivity index is 1.81. The van der Waals surface area contributed by atoms with Crippen molar-refractivity contribution < 1.29 is 14.6 Å². The molecule has 0 aromatic rings. The second-order valence-corrected chi connectivity index (χ2v) is 6.37. The van der Waals surface area contributed by atoms with Crippen LogP contribution in [0.1, 0.15) is 33.6 Å². The lowest BCUT2D eigenvalue weighted by Crippen LogP contribution is -2.69. The average molecular weight is 237 g/mol. The summed E-state index contributed by atoms with van der Waals surface area (Å²) in [4.78, 5) is 13.4. The second-order valence-electron chi connectivity index (χ2n) is 6.37. The van der Waals surface area contributed by atoms with E-state index < -0.39 is 11.2 Å². The summed E-state index contributed by atoms with van der Waals surface area (Å²) in [7, 11) is 0. The van der Waals surface area contributed by atoms with Crippen LogP contribution in [-0.2, 0) is 4.74 Å². The molecule has 2 fully saturated rings. The van der Waals surface area contributed by atoms with Crippen molar-refractivity contribution in [3.63, 3.8) is 0 Å². The molecule has 0 aromatic heterocycles. The number of ether oxygens (including phenoxy) is 1. The minimum Gasteiger partial charge on any atom is -0.444 e. The first kappa shape index (κ1) is 12.3. The zero-order chi connectivity index (χ0) is 12.9. The maximum atomic E-state index is 11.7. The molecule has 2 aliphatic rings. The van der Waals surface area contributed by atoms with E-state index in [9.17, 15) is 9.90 Å². The number of likely N-dealkylation sites (tertiary alicyclic amines) is 1. The normalized spacial score (nSPS) is 24.5. The first-order chi connectivity index (χ1) is 7.67. The topological polar surface area (TPSA) is 49.8 Å². The second kappa shape index (κ2) is 3.39. The number of hydrogen-bond donors (Lipinski definition) is 1. The van der Waals surface area contributed by atoms with Crippen molar-refractivity contribution in [1.29, 1.82) is 0 Å². The van der Waals surface area contributed by atoms with Gasteiger partial charge in [-0.3, -0.25) is 0 Å². The first-order valence-corrected chi connectivity index (χ1v) is 5.85. The summed E-state index contributed by atoms with van der Waals surface area (Å²) >= 11 is 0. The molecule has 94 valence electrons. The summed E-state index contributed by atoms with van der Waals surface area (Å²) in [6, 6.07) is 0. The molecule has 0 bridgehead atoms. The van der Waals surface area contributed by atoms with Crippen molar-refractivity contribution in [2.45, 2.75) is 44.8 Å². The number of nitrogens with zero attached hydrogens (tertiary/aromatic N) is 1. The maximum Gasteiger partial charge on any atom is 0.410 e. The lowest BCUT2D eigenvalue weighted by atomic mass is 9.55. The molecule has 1 amide bonds. The van der Waals surface area contributed by atoms with Gasteiger partial charge in [0.15, 0.2) is 0 Å². The molecule has 1 N–H and O–H groups in total. The van der Waals surface area contributed by atoms with Gasteiger partial charge in [-0.2, -0.15) is 0 Å².